The second-order valence-electron chi connectivity index (χ2n) is 30.9. The molecule has 0 aliphatic carbocycles. The minimum atomic E-state index is -4.49. The highest BCUT2D eigenvalue weighted by Crippen LogP contribution is 2.46. The van der Waals surface area contributed by atoms with Crippen molar-refractivity contribution < 1.29 is 143 Å². The highest BCUT2D eigenvalue weighted by molar-refractivity contribution is 5.39. The molecule has 4 aliphatic rings. The van der Waals surface area contributed by atoms with E-state index in [4.69, 9.17) is 18.9 Å². The highest BCUT2D eigenvalue weighted by atomic mass is 19.3. The van der Waals surface area contributed by atoms with E-state index < -0.39 is 187 Å². The minimum Gasteiger partial charge on any atom is -0.429 e. The molecule has 0 aromatic heterocycles. The first-order valence-corrected chi connectivity index (χ1v) is 40.0. The summed E-state index contributed by atoms with van der Waals surface area (Å²) in [6.07, 6.45) is -4.54. The molecule has 123 heavy (non-hydrogen) atoms. The number of ether oxygens (including phenoxy) is 8. The number of hydrogen-bond acceptors (Lipinski definition) is 8. The number of benzene rings is 8. The topological polar surface area (TPSA) is 73.8 Å². The molecule has 0 radical (unpaired) electrons. The number of alkyl halides is 8. The van der Waals surface area contributed by atoms with Gasteiger partial charge in [-0.2, -0.15) is 35.1 Å². The van der Waals surface area contributed by atoms with Crippen molar-refractivity contribution in [1.82, 2.24) is 0 Å². The maximum atomic E-state index is 14.6. The molecule has 0 N–H and O–H groups in total. The summed E-state index contributed by atoms with van der Waals surface area (Å²) in [5, 5.41) is 0. The van der Waals surface area contributed by atoms with Crippen LogP contribution in [0.15, 0.2) is 97.1 Å². The quantitative estimate of drug-likeness (QED) is 0.0392. The molecule has 0 bridgehead atoms. The minimum absolute atomic E-state index is 0. The van der Waals surface area contributed by atoms with Crippen LogP contribution in [0, 0.1) is 144 Å². The molecule has 12 rings (SSSR count). The standard InChI is InChI=1S/C24H26F6O2.C23H24F6O2.C22H22F6O2.C21H20F6O2.CH4/c1-3-4-5-6-15-7-8-22(31-13-15)16-9-20(27)23(21(28)10-16)24(29,30)32-17-11-18(25)14(2)19(26)12-17;1-3-4-5-14-6-7-21(30-12-14)15-8-19(26)22(20(27)9-15)23(28,29)31-16-10-17(24)13(2)18(25)11-16;1-3-4-13-5-6-20(29-11-13)14-7-18(25)21(19(26)8-14)22(27,28)30-15-9-16(23)12(2)17(24)10-15;1-3-12-4-5-19(28-10-12)13-6-17(24)20(18(25)7-13)21(26,27)29-14-8-15(22)11(2)16(23)9-14;/h9-12,15,22H,3-8,13H2,1-2H3;8-11,14,21H,3-7,12H2,1-2H3;7-10,13,20H,3-6,11H2,1-2H3;6-9,12,19H,3-5,10H2,1-2H3;1H4. The smallest absolute Gasteiger partial charge is 0.429 e. The lowest BCUT2D eigenvalue weighted by Crippen LogP contribution is -2.26. The molecule has 4 aliphatic heterocycles. The van der Waals surface area contributed by atoms with Crippen molar-refractivity contribution >= 4 is 0 Å². The first kappa shape index (κ1) is 99.5. The first-order valence-electron chi connectivity index (χ1n) is 40.0. The Morgan fingerprint density at radius 1 is 0.260 bits per heavy atom. The fourth-order valence-electron chi connectivity index (χ4n) is 14.6. The zero-order chi connectivity index (χ0) is 89.6. The highest BCUT2D eigenvalue weighted by Gasteiger charge is 2.47. The Morgan fingerprint density at radius 3 is 0.650 bits per heavy atom. The van der Waals surface area contributed by atoms with Crippen LogP contribution in [0.4, 0.5) is 105 Å². The van der Waals surface area contributed by atoms with E-state index in [0.717, 1.165) is 166 Å². The Balaban J connectivity index is 0.000000203. The van der Waals surface area contributed by atoms with Crippen molar-refractivity contribution in [2.45, 2.75) is 227 Å². The van der Waals surface area contributed by atoms with Crippen LogP contribution in [0.2, 0.25) is 0 Å². The van der Waals surface area contributed by atoms with Gasteiger partial charge in [-0.05, 0) is 193 Å². The molecule has 0 saturated carbocycles. The van der Waals surface area contributed by atoms with Crippen molar-refractivity contribution in [1.29, 1.82) is 0 Å². The second kappa shape index (κ2) is 43.3. The lowest BCUT2D eigenvalue weighted by molar-refractivity contribution is -0.190. The molecule has 4 saturated heterocycles. The van der Waals surface area contributed by atoms with Gasteiger partial charge < -0.3 is 37.9 Å². The molecule has 4 heterocycles. The lowest BCUT2D eigenvalue weighted by Gasteiger charge is -2.30. The van der Waals surface area contributed by atoms with Crippen molar-refractivity contribution in [3.63, 3.8) is 0 Å². The molecule has 8 nitrogen and oxygen atoms in total. The number of rotatable bonds is 26. The van der Waals surface area contributed by atoms with E-state index in [1.54, 1.807) is 0 Å². The van der Waals surface area contributed by atoms with E-state index in [0.29, 0.717) is 124 Å². The van der Waals surface area contributed by atoms with Gasteiger partial charge in [0.05, 0.1) is 50.8 Å². The van der Waals surface area contributed by atoms with Crippen LogP contribution >= 0.6 is 0 Å². The summed E-state index contributed by atoms with van der Waals surface area (Å²) in [4.78, 5) is 0. The third-order valence-corrected chi connectivity index (χ3v) is 21.8. The van der Waals surface area contributed by atoms with Gasteiger partial charge in [0.1, 0.15) is 138 Å². The van der Waals surface area contributed by atoms with E-state index in [1.165, 1.54) is 0 Å². The largest absolute Gasteiger partial charge is 0.432 e. The first-order chi connectivity index (χ1) is 57.5. The molecule has 8 unspecified atom stereocenters. The molecule has 676 valence electrons. The van der Waals surface area contributed by atoms with Crippen molar-refractivity contribution in [2.24, 2.45) is 23.7 Å². The van der Waals surface area contributed by atoms with Crippen LogP contribution in [0.1, 0.15) is 242 Å². The van der Waals surface area contributed by atoms with Gasteiger partial charge in [-0.25, -0.2) is 70.2 Å². The normalized spacial score (nSPS) is 19.4. The van der Waals surface area contributed by atoms with Gasteiger partial charge >= 0.3 is 24.4 Å². The predicted octanol–water partition coefficient (Wildman–Crippen LogP) is 29.2. The van der Waals surface area contributed by atoms with Crippen LogP contribution in [0.25, 0.3) is 0 Å². The average molecular weight is 1770 g/mol. The SMILES string of the molecule is C.CCC1CCC(c2cc(F)c(C(F)(F)Oc3cc(F)c(C)c(F)c3)c(F)c2)OC1.CCCC1CCC(c2cc(F)c(C(F)(F)Oc3cc(F)c(C)c(F)c3)c(F)c2)OC1.CCCCC1CCC(c2cc(F)c(C(F)(F)Oc3cc(F)c(C)c(F)c3)c(F)c2)OC1.CCCCCC1CCC(c2cc(F)c(C(F)(F)Oc3cc(F)c(C)c(F)c3)c(F)c2)OC1. The molecular weight excluding hydrogens is 1680 g/mol. The summed E-state index contributed by atoms with van der Waals surface area (Å²) in [5.41, 5.74) is -7.60. The van der Waals surface area contributed by atoms with E-state index in [-0.39, 0.29) is 51.9 Å². The Labute approximate surface area is 697 Å². The fraction of sp³-hybridized carbons (Fsp3) is 0.473. The molecule has 4 fully saturated rings. The number of unbranched alkanes of at least 4 members (excludes halogenated alkanes) is 3. The summed E-state index contributed by atoms with van der Waals surface area (Å²) < 4.78 is 380. The summed E-state index contributed by atoms with van der Waals surface area (Å²) in [6, 6.07) is 10.5. The maximum Gasteiger partial charge on any atom is 0.432 e. The second-order valence-corrected chi connectivity index (χ2v) is 30.9. The fourth-order valence-corrected chi connectivity index (χ4v) is 14.6. The monoisotopic (exact) mass is 1770 g/mol. The lowest BCUT2D eigenvalue weighted by atomic mass is 9.90. The number of hydrogen-bond donors (Lipinski definition) is 0. The van der Waals surface area contributed by atoms with Gasteiger partial charge in [0, 0.05) is 70.8 Å². The average Bonchev–Trinajstić information content (AvgIpc) is 0.790. The zero-order valence-electron chi connectivity index (χ0n) is 67.7. The van der Waals surface area contributed by atoms with E-state index in [9.17, 15) is 105 Å². The third kappa shape index (κ3) is 25.7. The van der Waals surface area contributed by atoms with E-state index in [2.05, 4.69) is 39.7 Å². The Kier molecular flexibility index (Phi) is 35.1. The van der Waals surface area contributed by atoms with Gasteiger partial charge in [0.2, 0.25) is 0 Å². The van der Waals surface area contributed by atoms with Crippen LogP contribution in [-0.2, 0) is 43.4 Å². The van der Waals surface area contributed by atoms with Crippen LogP contribution in [0.5, 0.6) is 23.0 Å². The van der Waals surface area contributed by atoms with Crippen LogP contribution in [-0.4, -0.2) is 26.4 Å². The van der Waals surface area contributed by atoms with Gasteiger partial charge in [0.25, 0.3) is 0 Å². The van der Waals surface area contributed by atoms with E-state index in [1.807, 2.05) is 6.92 Å². The van der Waals surface area contributed by atoms with Gasteiger partial charge in [-0.3, -0.25) is 0 Å². The molecule has 8 aromatic carbocycles. The molecule has 8 atom stereocenters. The number of halogens is 24. The molecule has 8 aromatic rings. The van der Waals surface area contributed by atoms with Gasteiger partial charge in [-0.1, -0.05) is 80.1 Å². The van der Waals surface area contributed by atoms with Gasteiger partial charge in [-0.15, -0.1) is 0 Å². The van der Waals surface area contributed by atoms with E-state index >= 15 is 0 Å². The van der Waals surface area contributed by atoms with Crippen LogP contribution in [0.3, 0.4) is 0 Å². The Morgan fingerprint density at radius 2 is 0.463 bits per heavy atom. The summed E-state index contributed by atoms with van der Waals surface area (Å²) in [5.74, 6) is -23.2. The molecule has 0 amide bonds. The zero-order valence-corrected chi connectivity index (χ0v) is 67.7. The van der Waals surface area contributed by atoms with Crippen molar-refractivity contribution in [3.8, 4) is 23.0 Å². The summed E-state index contributed by atoms with van der Waals surface area (Å²) >= 11 is 0. The van der Waals surface area contributed by atoms with Crippen LogP contribution < -0.4 is 18.9 Å². The maximum absolute atomic E-state index is 14.6. The summed E-state index contributed by atoms with van der Waals surface area (Å²) in [7, 11) is 0. The Hall–Kier alpha value is -8.88. The molecule has 0 spiro atoms. The summed E-state index contributed by atoms with van der Waals surface area (Å²) in [6.45, 7) is 14.5. The Bertz CT molecular complexity index is 4670. The predicted molar refractivity (Wildman–Crippen MR) is 409 cm³/mol. The molecular formula is C91H96F24O8. The van der Waals surface area contributed by atoms with Crippen molar-refractivity contribution in [3.05, 3.63) is 257 Å². The van der Waals surface area contributed by atoms with Crippen molar-refractivity contribution in [2.75, 3.05) is 26.4 Å². The molecule has 32 heteroatoms. The third-order valence-electron chi connectivity index (χ3n) is 21.8. The van der Waals surface area contributed by atoms with Gasteiger partial charge in [0.15, 0.2) is 0 Å².